The van der Waals surface area contributed by atoms with Crippen molar-refractivity contribution in [3.05, 3.63) is 53.6 Å². The Hall–Kier alpha value is -2.49. The number of hydrogen-bond donors (Lipinski definition) is 2. The molecule has 0 radical (unpaired) electrons. The van der Waals surface area contributed by atoms with E-state index in [1.54, 1.807) is 6.92 Å². The highest BCUT2D eigenvalue weighted by molar-refractivity contribution is 5.97. The van der Waals surface area contributed by atoms with E-state index in [2.05, 4.69) is 5.32 Å². The van der Waals surface area contributed by atoms with Gasteiger partial charge in [-0.2, -0.15) is 0 Å². The molecule has 0 bridgehead atoms. The zero-order valence-corrected chi connectivity index (χ0v) is 11.2. The van der Waals surface area contributed by atoms with Gasteiger partial charge < -0.3 is 15.8 Å². The fourth-order valence-electron chi connectivity index (χ4n) is 2.30. The summed E-state index contributed by atoms with van der Waals surface area (Å²) in [6.07, 6.45) is 0.325. The first kappa shape index (κ1) is 12.5. The number of hydrogen-bond acceptors (Lipinski definition) is 3. The van der Waals surface area contributed by atoms with Crippen LogP contribution in [0.3, 0.4) is 0 Å². The predicted molar refractivity (Wildman–Crippen MR) is 78.8 cm³/mol. The van der Waals surface area contributed by atoms with Crippen LogP contribution >= 0.6 is 0 Å². The van der Waals surface area contributed by atoms with Gasteiger partial charge in [-0.1, -0.05) is 18.2 Å². The topological polar surface area (TPSA) is 64.3 Å². The monoisotopic (exact) mass is 268 g/mol. The maximum Gasteiger partial charge on any atom is 0.265 e. The number of carbonyl (C=O) groups excluding carboxylic acids is 1. The summed E-state index contributed by atoms with van der Waals surface area (Å²) < 4.78 is 5.54. The fraction of sp³-hybridized carbons (Fsp3) is 0.188. The van der Waals surface area contributed by atoms with E-state index < -0.39 is 6.10 Å². The first-order chi connectivity index (χ1) is 9.61. The number of nitrogens with two attached hydrogens (primary N) is 1. The molecule has 0 aromatic heterocycles. The second-order valence-electron chi connectivity index (χ2n) is 5.00. The summed E-state index contributed by atoms with van der Waals surface area (Å²) >= 11 is 0. The van der Waals surface area contributed by atoms with E-state index in [1.807, 2.05) is 42.5 Å². The van der Waals surface area contributed by atoms with Gasteiger partial charge in [0.25, 0.3) is 5.91 Å². The molecule has 0 saturated carbocycles. The Labute approximate surface area is 117 Å². The van der Waals surface area contributed by atoms with E-state index in [-0.39, 0.29) is 5.91 Å². The summed E-state index contributed by atoms with van der Waals surface area (Å²) in [6, 6.07) is 13.6. The number of nitrogens with one attached hydrogen (secondary N) is 1. The van der Waals surface area contributed by atoms with Crippen molar-refractivity contribution in [1.82, 2.24) is 0 Å². The molecule has 0 fully saturated rings. The zero-order valence-electron chi connectivity index (χ0n) is 11.2. The van der Waals surface area contributed by atoms with E-state index >= 15 is 0 Å². The van der Waals surface area contributed by atoms with Gasteiger partial charge in [0, 0.05) is 5.69 Å². The van der Waals surface area contributed by atoms with E-state index in [1.165, 1.54) is 0 Å². The van der Waals surface area contributed by atoms with Crippen molar-refractivity contribution < 1.29 is 9.53 Å². The van der Waals surface area contributed by atoms with Crippen LogP contribution in [0, 0.1) is 0 Å². The van der Waals surface area contributed by atoms with Crippen molar-refractivity contribution in [3.8, 4) is 5.75 Å². The normalized spacial score (nSPS) is 17.1. The molecule has 20 heavy (non-hydrogen) atoms. The number of amides is 1. The van der Waals surface area contributed by atoms with Gasteiger partial charge in [0.2, 0.25) is 0 Å². The van der Waals surface area contributed by atoms with Crippen LogP contribution in [0.4, 0.5) is 11.4 Å². The average Bonchev–Trinajstić information content (AvgIpc) is 2.40. The average molecular weight is 268 g/mol. The molecule has 4 nitrogen and oxygen atoms in total. The van der Waals surface area contributed by atoms with Crippen LogP contribution in [0.5, 0.6) is 5.75 Å². The van der Waals surface area contributed by atoms with Crippen LogP contribution < -0.4 is 15.8 Å². The highest BCUT2D eigenvalue weighted by Gasteiger charge is 2.23. The molecular weight excluding hydrogens is 252 g/mol. The minimum Gasteiger partial charge on any atom is -0.479 e. The molecule has 3 rings (SSSR count). The van der Waals surface area contributed by atoms with Crippen molar-refractivity contribution in [2.24, 2.45) is 0 Å². The molecule has 1 aliphatic rings. The Morgan fingerprint density at radius 1 is 1.20 bits per heavy atom. The molecule has 1 atom stereocenters. The lowest BCUT2D eigenvalue weighted by atomic mass is 10.0. The molecule has 1 heterocycles. The lowest BCUT2D eigenvalue weighted by Crippen LogP contribution is -2.34. The molecule has 2 aromatic carbocycles. The maximum atomic E-state index is 11.6. The van der Waals surface area contributed by atoms with Crippen LogP contribution in [-0.4, -0.2) is 12.0 Å². The van der Waals surface area contributed by atoms with E-state index in [0.29, 0.717) is 5.75 Å². The number of carbonyl (C=O) groups is 1. The Morgan fingerprint density at radius 3 is 2.80 bits per heavy atom. The summed E-state index contributed by atoms with van der Waals surface area (Å²) in [5.74, 6) is 0.604. The highest BCUT2D eigenvalue weighted by atomic mass is 16.5. The van der Waals surface area contributed by atoms with E-state index in [4.69, 9.17) is 10.5 Å². The Balaban J connectivity index is 1.86. The Bertz CT molecular complexity index is 667. The minimum absolute atomic E-state index is 0.112. The van der Waals surface area contributed by atoms with Crippen molar-refractivity contribution in [3.63, 3.8) is 0 Å². The first-order valence-corrected chi connectivity index (χ1v) is 6.57. The third-order valence-corrected chi connectivity index (χ3v) is 3.33. The molecule has 1 aliphatic heterocycles. The van der Waals surface area contributed by atoms with Crippen LogP contribution in [0.25, 0.3) is 0 Å². The van der Waals surface area contributed by atoms with Gasteiger partial charge in [-0.25, -0.2) is 0 Å². The summed E-state index contributed by atoms with van der Waals surface area (Å²) in [5, 5.41) is 2.86. The van der Waals surface area contributed by atoms with Crippen LogP contribution in [0.2, 0.25) is 0 Å². The summed E-state index contributed by atoms with van der Waals surface area (Å²) in [6.45, 7) is 1.74. The third-order valence-electron chi connectivity index (χ3n) is 3.33. The molecule has 0 spiro atoms. The van der Waals surface area contributed by atoms with Crippen molar-refractivity contribution in [2.45, 2.75) is 19.4 Å². The van der Waals surface area contributed by atoms with Gasteiger partial charge in [-0.15, -0.1) is 0 Å². The molecule has 3 N–H and O–H groups in total. The van der Waals surface area contributed by atoms with Crippen LogP contribution in [0.15, 0.2) is 42.5 Å². The third kappa shape index (κ3) is 2.45. The van der Waals surface area contributed by atoms with Crippen molar-refractivity contribution in [2.75, 3.05) is 11.1 Å². The molecule has 4 heteroatoms. The second kappa shape index (κ2) is 4.89. The van der Waals surface area contributed by atoms with Gasteiger partial charge >= 0.3 is 0 Å². The van der Waals surface area contributed by atoms with E-state index in [0.717, 1.165) is 28.9 Å². The number of nitrogen functional groups attached to an aromatic ring is 1. The number of ether oxygens (including phenoxy) is 1. The largest absolute Gasteiger partial charge is 0.479 e. The molecular formula is C16H16N2O2. The standard InChI is InChI=1S/C16H16N2O2/c1-10-16(19)18-14-9-12(5-6-15(14)20-10)7-11-3-2-4-13(17)8-11/h2-6,8-10H,7,17H2,1H3,(H,18,19). The number of benzene rings is 2. The summed E-state index contributed by atoms with van der Waals surface area (Å²) in [5.41, 5.74) is 9.51. The Morgan fingerprint density at radius 2 is 2.00 bits per heavy atom. The van der Waals surface area contributed by atoms with Crippen LogP contribution in [0.1, 0.15) is 18.1 Å². The van der Waals surface area contributed by atoms with Crippen molar-refractivity contribution >= 4 is 17.3 Å². The molecule has 0 saturated heterocycles. The number of fused-ring (bicyclic) bond motifs is 1. The molecule has 1 unspecified atom stereocenters. The second-order valence-corrected chi connectivity index (χ2v) is 5.00. The quantitative estimate of drug-likeness (QED) is 0.823. The molecule has 1 amide bonds. The number of anilines is 2. The maximum absolute atomic E-state index is 11.6. The van der Waals surface area contributed by atoms with Crippen molar-refractivity contribution in [1.29, 1.82) is 0 Å². The Kier molecular flexibility index (Phi) is 3.06. The first-order valence-electron chi connectivity index (χ1n) is 6.57. The summed E-state index contributed by atoms with van der Waals surface area (Å²) in [7, 11) is 0. The minimum atomic E-state index is -0.442. The van der Waals surface area contributed by atoms with Gasteiger partial charge in [-0.05, 0) is 48.7 Å². The lowest BCUT2D eigenvalue weighted by Gasteiger charge is -2.23. The van der Waals surface area contributed by atoms with Crippen LogP contribution in [-0.2, 0) is 11.2 Å². The van der Waals surface area contributed by atoms with E-state index in [9.17, 15) is 4.79 Å². The number of rotatable bonds is 2. The zero-order chi connectivity index (χ0) is 14.1. The SMILES string of the molecule is CC1Oc2ccc(Cc3cccc(N)c3)cc2NC1=O. The fourth-order valence-corrected chi connectivity index (χ4v) is 2.30. The lowest BCUT2D eigenvalue weighted by molar-refractivity contribution is -0.122. The molecule has 0 aliphatic carbocycles. The molecule has 2 aromatic rings. The smallest absolute Gasteiger partial charge is 0.265 e. The van der Waals surface area contributed by atoms with Gasteiger partial charge in [0.05, 0.1) is 5.69 Å². The predicted octanol–water partition coefficient (Wildman–Crippen LogP) is 2.58. The summed E-state index contributed by atoms with van der Waals surface area (Å²) in [4.78, 5) is 11.6. The molecule has 102 valence electrons. The highest BCUT2D eigenvalue weighted by Crippen LogP contribution is 2.31. The van der Waals surface area contributed by atoms with Gasteiger partial charge in [-0.3, -0.25) is 4.79 Å². The van der Waals surface area contributed by atoms with Gasteiger partial charge in [0.1, 0.15) is 5.75 Å². The van der Waals surface area contributed by atoms with Gasteiger partial charge in [0.15, 0.2) is 6.10 Å².